The molecule has 0 amide bonds. The lowest BCUT2D eigenvalue weighted by Gasteiger charge is -2.20. The molecule has 2 rings (SSSR count). The Bertz CT molecular complexity index is 692. The van der Waals surface area contributed by atoms with Gasteiger partial charge in [0.15, 0.2) is 0 Å². The van der Waals surface area contributed by atoms with Crippen molar-refractivity contribution in [1.29, 1.82) is 0 Å². The van der Waals surface area contributed by atoms with E-state index < -0.39 is 7.60 Å². The van der Waals surface area contributed by atoms with Crippen molar-refractivity contribution in [2.75, 3.05) is 0 Å². The van der Waals surface area contributed by atoms with Crippen LogP contribution < -0.4 is 5.30 Å². The number of phenolic OH excluding ortho intramolecular Hbond substituents is 2. The van der Waals surface area contributed by atoms with Crippen molar-refractivity contribution >= 4 is 12.9 Å². The van der Waals surface area contributed by atoms with Crippen molar-refractivity contribution < 1.29 is 24.6 Å². The highest BCUT2D eigenvalue weighted by Gasteiger charge is 2.26. The monoisotopic (exact) mass is 308 g/mol. The molecule has 2 aromatic rings. The van der Waals surface area contributed by atoms with Crippen LogP contribution in [-0.2, 0) is 4.57 Å². The Hall–Kier alpha value is -1.81. The molecule has 0 aliphatic heterocycles. The Morgan fingerprint density at radius 3 is 2.29 bits per heavy atom. The number of rotatable bonds is 4. The van der Waals surface area contributed by atoms with Gasteiger partial charge < -0.3 is 20.0 Å². The molecule has 0 aromatic heterocycles. The summed E-state index contributed by atoms with van der Waals surface area (Å²) in [6, 6.07) is 10.6. The molecule has 1 atom stereocenters. The second-order valence-corrected chi connectivity index (χ2v) is 6.41. The van der Waals surface area contributed by atoms with E-state index in [2.05, 4.69) is 0 Å². The van der Waals surface area contributed by atoms with Crippen LogP contribution >= 0.6 is 7.60 Å². The summed E-state index contributed by atoms with van der Waals surface area (Å²) >= 11 is 0. The molecule has 1 unspecified atom stereocenters. The predicted molar refractivity (Wildman–Crippen MR) is 80.0 cm³/mol. The Morgan fingerprint density at radius 1 is 1.05 bits per heavy atom. The van der Waals surface area contributed by atoms with E-state index in [0.717, 1.165) is 11.6 Å². The highest BCUT2D eigenvalue weighted by atomic mass is 31.2. The molecule has 21 heavy (non-hydrogen) atoms. The van der Waals surface area contributed by atoms with Crippen LogP contribution in [0.2, 0.25) is 0 Å². The molecular formula is C15H17O5P. The van der Waals surface area contributed by atoms with Gasteiger partial charge in [0.05, 0.1) is 5.30 Å². The summed E-state index contributed by atoms with van der Waals surface area (Å²) in [7, 11) is -4.50. The summed E-state index contributed by atoms with van der Waals surface area (Å²) < 4.78 is 11.7. The summed E-state index contributed by atoms with van der Waals surface area (Å²) in [5.41, 5.74) is 1.21. The van der Waals surface area contributed by atoms with Crippen molar-refractivity contribution in [3.05, 3.63) is 53.6 Å². The lowest BCUT2D eigenvalue weighted by atomic mass is 9.89. The number of benzene rings is 2. The zero-order chi connectivity index (χ0) is 15.6. The third kappa shape index (κ3) is 3.45. The van der Waals surface area contributed by atoms with Crippen molar-refractivity contribution in [2.24, 2.45) is 0 Å². The van der Waals surface area contributed by atoms with E-state index in [1.54, 1.807) is 18.2 Å². The molecule has 0 aliphatic rings. The standard InChI is InChI=1S/C15H17O5P/c1-2-13(10-4-3-5-11(16)8-10)14-7-6-12(17)9-15(14)21(18,19)20/h3-9,13,16-17H,2H2,1H3,(H2,18,19,20). The smallest absolute Gasteiger partial charge is 0.356 e. The molecule has 0 fully saturated rings. The molecule has 2 aromatic carbocycles. The van der Waals surface area contributed by atoms with Crippen molar-refractivity contribution in [3.8, 4) is 11.5 Å². The SMILES string of the molecule is CCC(c1cccc(O)c1)c1ccc(O)cc1P(=O)(O)O. The molecule has 4 N–H and O–H groups in total. The number of aromatic hydroxyl groups is 2. The number of hydrogen-bond donors (Lipinski definition) is 4. The molecular weight excluding hydrogens is 291 g/mol. The molecule has 0 heterocycles. The maximum absolute atomic E-state index is 11.7. The van der Waals surface area contributed by atoms with Gasteiger partial charge >= 0.3 is 7.60 Å². The summed E-state index contributed by atoms with van der Waals surface area (Å²) in [6.45, 7) is 1.89. The minimum Gasteiger partial charge on any atom is -0.508 e. The first kappa shape index (κ1) is 15.6. The van der Waals surface area contributed by atoms with Crippen LogP contribution in [0.1, 0.15) is 30.4 Å². The van der Waals surface area contributed by atoms with Crippen molar-refractivity contribution in [3.63, 3.8) is 0 Å². The third-order valence-electron chi connectivity index (χ3n) is 3.38. The van der Waals surface area contributed by atoms with E-state index in [-0.39, 0.29) is 22.7 Å². The molecule has 0 aliphatic carbocycles. The Morgan fingerprint density at radius 2 is 1.71 bits per heavy atom. The van der Waals surface area contributed by atoms with Gasteiger partial charge in [0.2, 0.25) is 0 Å². The van der Waals surface area contributed by atoms with E-state index in [1.165, 1.54) is 18.2 Å². The lowest BCUT2D eigenvalue weighted by Crippen LogP contribution is -2.15. The molecule has 0 saturated heterocycles. The van der Waals surface area contributed by atoms with Gasteiger partial charge in [-0.2, -0.15) is 0 Å². The fourth-order valence-corrected chi connectivity index (χ4v) is 3.32. The molecule has 0 radical (unpaired) electrons. The van der Waals surface area contributed by atoms with Crippen molar-refractivity contribution in [1.82, 2.24) is 0 Å². The summed E-state index contributed by atoms with van der Waals surface area (Å²) in [5.74, 6) is -0.370. The van der Waals surface area contributed by atoms with E-state index >= 15 is 0 Å². The average Bonchev–Trinajstić information content (AvgIpc) is 2.40. The maximum atomic E-state index is 11.7. The second-order valence-electron chi connectivity index (χ2n) is 4.84. The van der Waals surface area contributed by atoms with Gasteiger partial charge in [-0.1, -0.05) is 25.1 Å². The van der Waals surface area contributed by atoms with Crippen molar-refractivity contribution in [2.45, 2.75) is 19.3 Å². The molecule has 0 bridgehead atoms. The van der Waals surface area contributed by atoms with Crippen LogP contribution in [0, 0.1) is 0 Å². The highest BCUT2D eigenvalue weighted by molar-refractivity contribution is 7.60. The fourth-order valence-electron chi connectivity index (χ4n) is 2.46. The third-order valence-corrected chi connectivity index (χ3v) is 4.40. The lowest BCUT2D eigenvalue weighted by molar-refractivity contribution is 0.386. The quantitative estimate of drug-likeness (QED) is 0.650. The van der Waals surface area contributed by atoms with E-state index in [4.69, 9.17) is 0 Å². The molecule has 6 heteroatoms. The van der Waals surface area contributed by atoms with Gasteiger partial charge in [0.1, 0.15) is 11.5 Å². The van der Waals surface area contributed by atoms with Gasteiger partial charge in [-0.3, -0.25) is 4.57 Å². The van der Waals surface area contributed by atoms with E-state index in [1.807, 2.05) is 6.92 Å². The van der Waals surface area contributed by atoms with Crippen LogP contribution in [0.15, 0.2) is 42.5 Å². The molecule has 5 nitrogen and oxygen atoms in total. The van der Waals surface area contributed by atoms with Gasteiger partial charge in [0.25, 0.3) is 0 Å². The van der Waals surface area contributed by atoms with Gasteiger partial charge in [-0.05, 0) is 41.8 Å². The fraction of sp³-hybridized carbons (Fsp3) is 0.200. The zero-order valence-corrected chi connectivity index (χ0v) is 12.4. The Kier molecular flexibility index (Phi) is 4.37. The number of hydrogen-bond acceptors (Lipinski definition) is 3. The van der Waals surface area contributed by atoms with Crippen LogP contribution in [-0.4, -0.2) is 20.0 Å². The van der Waals surface area contributed by atoms with E-state index in [9.17, 15) is 24.6 Å². The maximum Gasteiger partial charge on any atom is 0.356 e. The van der Waals surface area contributed by atoms with Crippen LogP contribution in [0.3, 0.4) is 0 Å². The van der Waals surface area contributed by atoms with E-state index in [0.29, 0.717) is 12.0 Å². The summed E-state index contributed by atoms with van der Waals surface area (Å²) in [5, 5.41) is 18.9. The topological polar surface area (TPSA) is 98.0 Å². The minimum atomic E-state index is -4.50. The summed E-state index contributed by atoms with van der Waals surface area (Å²) in [6.07, 6.45) is 0.598. The first-order valence-corrected chi connectivity index (χ1v) is 8.12. The number of phenols is 2. The summed E-state index contributed by atoms with van der Waals surface area (Å²) in [4.78, 5) is 19.0. The van der Waals surface area contributed by atoms with Crippen LogP contribution in [0.5, 0.6) is 11.5 Å². The van der Waals surface area contributed by atoms with Crippen LogP contribution in [0.25, 0.3) is 0 Å². The first-order valence-electron chi connectivity index (χ1n) is 6.51. The molecule has 0 saturated carbocycles. The first-order chi connectivity index (χ1) is 9.82. The normalized spacial score (nSPS) is 13.1. The van der Waals surface area contributed by atoms with Crippen LogP contribution in [0.4, 0.5) is 0 Å². The highest BCUT2D eigenvalue weighted by Crippen LogP contribution is 2.40. The molecule has 0 spiro atoms. The largest absolute Gasteiger partial charge is 0.508 e. The Labute approximate surface area is 122 Å². The predicted octanol–water partition coefficient (Wildman–Crippen LogP) is 2.44. The van der Waals surface area contributed by atoms with Gasteiger partial charge in [0, 0.05) is 5.92 Å². The second kappa shape index (κ2) is 5.90. The average molecular weight is 308 g/mol. The zero-order valence-electron chi connectivity index (χ0n) is 11.5. The van der Waals surface area contributed by atoms with Gasteiger partial charge in [-0.25, -0.2) is 0 Å². The minimum absolute atomic E-state index is 0.0995. The molecule has 112 valence electrons. The Balaban J connectivity index is 2.60. The van der Waals surface area contributed by atoms with Gasteiger partial charge in [-0.15, -0.1) is 0 Å².